The summed E-state index contributed by atoms with van der Waals surface area (Å²) < 4.78 is 1.57. The third kappa shape index (κ3) is 4.13. The summed E-state index contributed by atoms with van der Waals surface area (Å²) in [5.74, 6) is -0.241. The monoisotopic (exact) mass is 465 g/mol. The number of aromatic amines is 1. The van der Waals surface area contributed by atoms with Crippen LogP contribution in [-0.4, -0.2) is 61.2 Å². The lowest BCUT2D eigenvalue weighted by molar-refractivity contribution is -0.123. The van der Waals surface area contributed by atoms with Crippen LogP contribution in [0.25, 0.3) is 11.0 Å². The van der Waals surface area contributed by atoms with Crippen LogP contribution in [0, 0.1) is 0 Å². The molecule has 1 heterocycles. The lowest BCUT2D eigenvalue weighted by Crippen LogP contribution is -2.47. The van der Waals surface area contributed by atoms with Gasteiger partial charge in [0.1, 0.15) is 30.2 Å². The molecular weight excluding hydrogens is 450 g/mol. The summed E-state index contributed by atoms with van der Waals surface area (Å²) in [5, 5.41) is 41.2. The second-order valence-electron chi connectivity index (χ2n) is 5.31. The Morgan fingerprint density at radius 3 is 2.46 bits per heavy atom. The minimum Gasteiger partial charge on any atom is -0.394 e. The van der Waals surface area contributed by atoms with E-state index in [9.17, 15) is 20.1 Å². The second-order valence-corrected chi connectivity index (χ2v) is 7.02. The number of aliphatic hydroxyl groups is 4. The van der Waals surface area contributed by atoms with Crippen LogP contribution in [-0.2, 0) is 4.79 Å². The van der Waals surface area contributed by atoms with Crippen molar-refractivity contribution in [1.82, 2.24) is 15.3 Å². The Bertz CT molecular complexity index is 700. The third-order valence-corrected chi connectivity index (χ3v) is 5.31. The van der Waals surface area contributed by atoms with E-state index in [1.54, 1.807) is 12.1 Å². The number of aliphatic hydroxyl groups excluding tert-OH is 4. The zero-order chi connectivity index (χ0) is 18.0. The van der Waals surface area contributed by atoms with Crippen molar-refractivity contribution in [3.8, 4) is 0 Å². The van der Waals surface area contributed by atoms with Crippen LogP contribution in [0.1, 0.15) is 18.8 Å². The molecule has 8 nitrogen and oxygen atoms in total. The molecule has 4 atom stereocenters. The molecule has 6 N–H and O–H groups in total. The van der Waals surface area contributed by atoms with Gasteiger partial charge in [0.05, 0.1) is 17.6 Å². The van der Waals surface area contributed by atoms with Gasteiger partial charge >= 0.3 is 0 Å². The number of fused-ring (bicyclic) bond motifs is 1. The minimum atomic E-state index is -1.67. The molecule has 0 saturated carbocycles. The summed E-state index contributed by atoms with van der Waals surface area (Å²) in [6.45, 7) is 0.523. The maximum atomic E-state index is 11.4. The average Bonchev–Trinajstić information content (AvgIpc) is 2.93. The fraction of sp³-hybridized carbons (Fsp3) is 0.429. The highest BCUT2D eigenvalue weighted by molar-refractivity contribution is 9.13. The first-order valence-corrected chi connectivity index (χ1v) is 8.60. The van der Waals surface area contributed by atoms with Gasteiger partial charge in [-0.3, -0.25) is 4.79 Å². The van der Waals surface area contributed by atoms with Gasteiger partial charge in [0.25, 0.3) is 0 Å². The molecule has 132 valence electrons. The van der Waals surface area contributed by atoms with Crippen molar-refractivity contribution in [3.05, 3.63) is 26.9 Å². The minimum absolute atomic E-state index is 0.210. The summed E-state index contributed by atoms with van der Waals surface area (Å²) in [6, 6.07) is 2.42. The zero-order valence-electron chi connectivity index (χ0n) is 12.6. The van der Waals surface area contributed by atoms with Gasteiger partial charge in [-0.2, -0.15) is 0 Å². The molecule has 0 aliphatic carbocycles. The number of amides is 1. The van der Waals surface area contributed by atoms with E-state index in [0.717, 1.165) is 8.95 Å². The van der Waals surface area contributed by atoms with Crippen LogP contribution in [0.2, 0.25) is 0 Å². The topological polar surface area (TPSA) is 139 Å². The van der Waals surface area contributed by atoms with E-state index in [1.807, 2.05) is 0 Å². The summed E-state index contributed by atoms with van der Waals surface area (Å²) >= 11 is 6.73. The quantitative estimate of drug-likeness (QED) is 0.363. The molecule has 0 spiro atoms. The molecule has 0 aliphatic heterocycles. The maximum absolute atomic E-state index is 11.4. The van der Waals surface area contributed by atoms with Crippen LogP contribution in [0.4, 0.5) is 0 Å². The fourth-order valence-electron chi connectivity index (χ4n) is 2.24. The molecule has 0 bridgehead atoms. The highest BCUT2D eigenvalue weighted by Crippen LogP contribution is 2.29. The van der Waals surface area contributed by atoms with Gasteiger partial charge in [0.2, 0.25) is 5.91 Å². The Kier molecular flexibility index (Phi) is 6.34. The van der Waals surface area contributed by atoms with Gasteiger partial charge in [0, 0.05) is 15.9 Å². The van der Waals surface area contributed by atoms with E-state index in [-0.39, 0.29) is 5.82 Å². The van der Waals surface area contributed by atoms with Gasteiger partial charge in [-0.1, -0.05) is 0 Å². The van der Waals surface area contributed by atoms with Gasteiger partial charge < -0.3 is 30.7 Å². The number of aromatic nitrogens is 2. The number of nitrogens with zero attached hydrogens (tertiary/aromatic N) is 1. The Morgan fingerprint density at radius 1 is 1.25 bits per heavy atom. The van der Waals surface area contributed by atoms with E-state index in [2.05, 4.69) is 47.1 Å². The van der Waals surface area contributed by atoms with Crippen molar-refractivity contribution in [2.24, 2.45) is 0 Å². The summed E-state index contributed by atoms with van der Waals surface area (Å²) in [4.78, 5) is 18.7. The van der Waals surface area contributed by atoms with Gasteiger partial charge in [-0.25, -0.2) is 4.98 Å². The number of carbonyl (C=O) groups is 1. The van der Waals surface area contributed by atoms with Crippen molar-refractivity contribution in [3.63, 3.8) is 0 Å². The molecule has 24 heavy (non-hydrogen) atoms. The van der Waals surface area contributed by atoms with Crippen LogP contribution >= 0.6 is 31.9 Å². The summed E-state index contributed by atoms with van der Waals surface area (Å²) in [5.41, 5.74) is 1.24. The molecule has 0 unspecified atom stereocenters. The highest BCUT2D eigenvalue weighted by atomic mass is 79.9. The van der Waals surface area contributed by atoms with Crippen molar-refractivity contribution >= 4 is 48.8 Å². The number of imidazole rings is 1. The summed E-state index contributed by atoms with van der Waals surface area (Å²) in [6.07, 6.45) is -4.80. The lowest BCUT2D eigenvalue weighted by atomic mass is 10.0. The molecule has 2 aromatic rings. The van der Waals surface area contributed by atoms with E-state index in [0.29, 0.717) is 11.0 Å². The average molecular weight is 467 g/mol. The molecule has 1 aromatic carbocycles. The first-order valence-electron chi connectivity index (χ1n) is 7.01. The van der Waals surface area contributed by atoms with Crippen molar-refractivity contribution in [1.29, 1.82) is 0 Å². The Balaban J connectivity index is 2.42. The van der Waals surface area contributed by atoms with E-state index < -0.39 is 36.9 Å². The number of hydrogen-bond donors (Lipinski definition) is 6. The Labute approximate surface area is 154 Å². The molecule has 1 aromatic heterocycles. The molecule has 1 amide bonds. The number of rotatable bonds is 6. The van der Waals surface area contributed by atoms with E-state index >= 15 is 0 Å². The predicted octanol–water partition coefficient (Wildman–Crippen LogP) is 0.340. The predicted molar refractivity (Wildman–Crippen MR) is 93.2 cm³/mol. The van der Waals surface area contributed by atoms with Crippen molar-refractivity contribution < 1.29 is 25.2 Å². The van der Waals surface area contributed by atoms with Gasteiger partial charge in [-0.05, 0) is 44.0 Å². The number of nitrogens with one attached hydrogen (secondary N) is 2. The first kappa shape index (κ1) is 19.3. The lowest BCUT2D eigenvalue weighted by Gasteiger charge is -2.28. The first-order chi connectivity index (χ1) is 11.2. The second kappa shape index (κ2) is 7.89. The Hall–Kier alpha value is -1.04. The molecule has 0 radical (unpaired) electrons. The van der Waals surface area contributed by atoms with E-state index in [1.165, 1.54) is 6.92 Å². The third-order valence-electron chi connectivity index (χ3n) is 3.47. The van der Waals surface area contributed by atoms with E-state index in [4.69, 9.17) is 5.11 Å². The number of H-pyrrole nitrogens is 1. The van der Waals surface area contributed by atoms with Crippen LogP contribution in [0.5, 0.6) is 0 Å². The number of carbonyl (C=O) groups excluding carboxylic acids is 1. The van der Waals surface area contributed by atoms with Crippen LogP contribution < -0.4 is 5.32 Å². The normalized spacial score (nSPS) is 16.6. The molecule has 0 aliphatic rings. The molecule has 10 heteroatoms. The van der Waals surface area contributed by atoms with Gasteiger partial charge in [0.15, 0.2) is 0 Å². The largest absolute Gasteiger partial charge is 0.394 e. The molecule has 0 fully saturated rings. The molecular formula is C14H17Br2N3O5. The highest BCUT2D eigenvalue weighted by Gasteiger charge is 2.34. The summed E-state index contributed by atoms with van der Waals surface area (Å²) in [7, 11) is 0. The number of halogens is 2. The number of benzene rings is 1. The molecule has 2 rings (SSSR count). The van der Waals surface area contributed by atoms with Gasteiger partial charge in [-0.15, -0.1) is 0 Å². The Morgan fingerprint density at radius 2 is 1.88 bits per heavy atom. The number of hydrogen-bond acceptors (Lipinski definition) is 6. The molecule has 0 saturated heterocycles. The fourth-order valence-corrected chi connectivity index (χ4v) is 2.91. The SMILES string of the molecule is CC(=O)N[C@@H](c1nc2cc(Br)c(Br)cc2[nH]1)[C@@H](O)[C@@H](O)[C@H](O)CO. The van der Waals surface area contributed by atoms with Crippen molar-refractivity contribution in [2.45, 2.75) is 31.3 Å². The maximum Gasteiger partial charge on any atom is 0.217 e. The van der Waals surface area contributed by atoms with Crippen LogP contribution in [0.15, 0.2) is 21.1 Å². The zero-order valence-corrected chi connectivity index (χ0v) is 15.7. The van der Waals surface area contributed by atoms with Crippen LogP contribution in [0.3, 0.4) is 0 Å². The van der Waals surface area contributed by atoms with Crippen molar-refractivity contribution in [2.75, 3.05) is 6.61 Å². The standard InChI is InChI=1S/C14H17Br2N3O5/c1-5(21)17-11(13(24)12(23)10(22)4-20)14-18-8-2-6(15)7(16)3-9(8)19-14/h2-3,10-13,20,22-24H,4H2,1H3,(H,17,21)(H,18,19)/t10-,11-,12+,13-/m1/s1. The smallest absolute Gasteiger partial charge is 0.217 e.